The van der Waals surface area contributed by atoms with E-state index in [1.165, 1.54) is 23.5 Å². The van der Waals surface area contributed by atoms with Gasteiger partial charge in [0.2, 0.25) is 5.76 Å². The van der Waals surface area contributed by atoms with Crippen LogP contribution < -0.4 is 4.74 Å². The highest BCUT2D eigenvalue weighted by molar-refractivity contribution is 7.90. The standard InChI is InChI=1S/C19H16O6S2/c1-19(2)16(11-4-6-12(7-5-11)27(3,21)22)17(18(20)25-19)24-15-10-13-14(26-15)8-9-23-13/h4-10H,1-3H3. The van der Waals surface area contributed by atoms with Crippen molar-refractivity contribution < 1.29 is 27.1 Å². The summed E-state index contributed by atoms with van der Waals surface area (Å²) in [5.74, 6) is -0.469. The Balaban J connectivity index is 1.79. The maximum Gasteiger partial charge on any atom is 0.375 e. The van der Waals surface area contributed by atoms with Gasteiger partial charge in [-0.3, -0.25) is 0 Å². The first-order valence-electron chi connectivity index (χ1n) is 8.09. The third-order valence-corrected chi connectivity index (χ3v) is 6.34. The molecule has 0 saturated heterocycles. The lowest BCUT2D eigenvalue weighted by Gasteiger charge is -2.21. The Morgan fingerprint density at radius 3 is 2.44 bits per heavy atom. The van der Waals surface area contributed by atoms with E-state index in [2.05, 4.69) is 0 Å². The highest BCUT2D eigenvalue weighted by Crippen LogP contribution is 2.42. The Kier molecular flexibility index (Phi) is 3.94. The van der Waals surface area contributed by atoms with Gasteiger partial charge in [0.1, 0.15) is 11.2 Å². The zero-order valence-electron chi connectivity index (χ0n) is 14.8. The van der Waals surface area contributed by atoms with Crippen LogP contribution in [0.3, 0.4) is 0 Å². The molecular formula is C19H16O6S2. The van der Waals surface area contributed by atoms with Crippen molar-refractivity contribution >= 4 is 43.0 Å². The molecule has 0 bridgehead atoms. The lowest BCUT2D eigenvalue weighted by Crippen LogP contribution is -2.22. The third-order valence-electron chi connectivity index (χ3n) is 4.25. The summed E-state index contributed by atoms with van der Waals surface area (Å²) in [6.07, 6.45) is 2.74. The van der Waals surface area contributed by atoms with E-state index in [0.717, 1.165) is 11.0 Å². The van der Waals surface area contributed by atoms with Gasteiger partial charge in [-0.2, -0.15) is 0 Å². The topological polar surface area (TPSA) is 82.8 Å². The molecule has 0 amide bonds. The molecular weight excluding hydrogens is 388 g/mol. The Labute approximate surface area is 159 Å². The van der Waals surface area contributed by atoms with Crippen molar-refractivity contribution in [1.29, 1.82) is 0 Å². The minimum absolute atomic E-state index is 0.0935. The maximum atomic E-state index is 12.4. The fourth-order valence-corrected chi connectivity index (χ4v) is 4.51. The van der Waals surface area contributed by atoms with Crippen LogP contribution in [0, 0.1) is 0 Å². The molecule has 1 aliphatic rings. The van der Waals surface area contributed by atoms with Crippen molar-refractivity contribution in [1.82, 2.24) is 0 Å². The van der Waals surface area contributed by atoms with Crippen LogP contribution in [0.25, 0.3) is 15.9 Å². The van der Waals surface area contributed by atoms with Crippen molar-refractivity contribution in [3.8, 4) is 5.06 Å². The number of fused-ring (bicyclic) bond motifs is 1. The number of hydrogen-bond donors (Lipinski definition) is 0. The van der Waals surface area contributed by atoms with E-state index >= 15 is 0 Å². The molecule has 0 radical (unpaired) electrons. The highest BCUT2D eigenvalue weighted by Gasteiger charge is 2.43. The second-order valence-corrected chi connectivity index (χ2v) is 9.78. The fraction of sp³-hybridized carbons (Fsp3) is 0.211. The van der Waals surface area contributed by atoms with Crippen molar-refractivity contribution in [3.63, 3.8) is 0 Å². The van der Waals surface area contributed by atoms with Crippen LogP contribution in [-0.2, 0) is 19.4 Å². The molecule has 3 aromatic rings. The molecule has 0 aliphatic carbocycles. The zero-order valence-corrected chi connectivity index (χ0v) is 16.4. The Hall–Kier alpha value is -2.58. The predicted molar refractivity (Wildman–Crippen MR) is 101 cm³/mol. The van der Waals surface area contributed by atoms with Crippen LogP contribution in [0.15, 0.2) is 57.7 Å². The molecule has 2 aromatic heterocycles. The van der Waals surface area contributed by atoms with Crippen molar-refractivity contribution in [2.45, 2.75) is 24.3 Å². The minimum Gasteiger partial charge on any atom is -0.463 e. The van der Waals surface area contributed by atoms with Crippen LogP contribution in [-0.4, -0.2) is 26.2 Å². The summed E-state index contributed by atoms with van der Waals surface area (Å²) in [6.45, 7) is 3.53. The molecule has 6 nitrogen and oxygen atoms in total. The molecule has 140 valence electrons. The van der Waals surface area contributed by atoms with Gasteiger partial charge >= 0.3 is 5.97 Å². The lowest BCUT2D eigenvalue weighted by atomic mass is 9.92. The SMILES string of the molecule is CC1(C)OC(=O)C(Oc2cc3occc3s2)=C1c1ccc(S(C)(=O)=O)cc1. The van der Waals surface area contributed by atoms with Gasteiger partial charge in [-0.25, -0.2) is 13.2 Å². The molecule has 4 rings (SSSR count). The van der Waals surface area contributed by atoms with Crippen LogP contribution in [0.2, 0.25) is 0 Å². The molecule has 27 heavy (non-hydrogen) atoms. The van der Waals surface area contributed by atoms with Crippen LogP contribution >= 0.6 is 11.3 Å². The number of ether oxygens (including phenoxy) is 2. The van der Waals surface area contributed by atoms with Gasteiger partial charge < -0.3 is 13.9 Å². The Morgan fingerprint density at radius 1 is 1.11 bits per heavy atom. The summed E-state index contributed by atoms with van der Waals surface area (Å²) in [4.78, 5) is 12.6. The number of carbonyl (C=O) groups excluding carboxylic acids is 1. The average molecular weight is 404 g/mol. The Morgan fingerprint density at radius 2 is 1.81 bits per heavy atom. The first-order valence-corrected chi connectivity index (χ1v) is 10.8. The van der Waals surface area contributed by atoms with Gasteiger partial charge in [-0.15, -0.1) is 0 Å². The average Bonchev–Trinajstić information content (AvgIpc) is 3.19. The number of sulfone groups is 1. The molecule has 8 heteroatoms. The summed E-state index contributed by atoms with van der Waals surface area (Å²) in [5, 5.41) is 0.513. The van der Waals surface area contributed by atoms with Gasteiger partial charge in [0, 0.05) is 12.3 Å². The summed E-state index contributed by atoms with van der Waals surface area (Å²) < 4.78 is 41.0. The van der Waals surface area contributed by atoms with Gasteiger partial charge in [0.05, 0.1) is 21.4 Å². The minimum atomic E-state index is -3.31. The van der Waals surface area contributed by atoms with Crippen LogP contribution in [0.1, 0.15) is 19.4 Å². The van der Waals surface area contributed by atoms with E-state index in [-0.39, 0.29) is 10.7 Å². The number of rotatable bonds is 4. The van der Waals surface area contributed by atoms with E-state index in [1.54, 1.807) is 38.3 Å². The molecule has 3 heterocycles. The molecule has 0 atom stereocenters. The van der Waals surface area contributed by atoms with E-state index in [9.17, 15) is 13.2 Å². The van der Waals surface area contributed by atoms with Gasteiger partial charge in [-0.05, 0) is 37.6 Å². The van der Waals surface area contributed by atoms with Crippen molar-refractivity contribution in [2.75, 3.05) is 6.26 Å². The molecule has 0 N–H and O–H groups in total. The largest absolute Gasteiger partial charge is 0.463 e. The first kappa shape index (κ1) is 17.8. The molecule has 0 fully saturated rings. The predicted octanol–water partition coefficient (Wildman–Crippen LogP) is 4.02. The van der Waals surface area contributed by atoms with E-state index < -0.39 is 21.4 Å². The summed E-state index contributed by atoms with van der Waals surface area (Å²) in [7, 11) is -3.31. The maximum absolute atomic E-state index is 12.4. The summed E-state index contributed by atoms with van der Waals surface area (Å²) >= 11 is 1.36. The molecule has 1 aromatic carbocycles. The number of cyclic esters (lactones) is 1. The van der Waals surface area contributed by atoms with Gasteiger partial charge in [0.15, 0.2) is 14.9 Å². The number of furan rings is 1. The van der Waals surface area contributed by atoms with E-state index in [4.69, 9.17) is 13.9 Å². The molecule has 0 spiro atoms. The summed E-state index contributed by atoms with van der Waals surface area (Å²) in [5.41, 5.74) is 1.00. The lowest BCUT2D eigenvalue weighted by molar-refractivity contribution is -0.145. The van der Waals surface area contributed by atoms with Crippen LogP contribution in [0.4, 0.5) is 0 Å². The van der Waals surface area contributed by atoms with Gasteiger partial charge in [0.25, 0.3) is 0 Å². The van der Waals surface area contributed by atoms with Crippen LogP contribution in [0.5, 0.6) is 5.06 Å². The fourth-order valence-electron chi connectivity index (χ4n) is 3.04. The number of benzene rings is 1. The summed E-state index contributed by atoms with van der Waals surface area (Å²) in [6, 6.07) is 9.86. The normalized spacial score (nSPS) is 16.8. The third kappa shape index (κ3) is 3.15. The molecule has 0 saturated carbocycles. The van der Waals surface area contributed by atoms with Crippen molar-refractivity contribution in [2.24, 2.45) is 0 Å². The highest BCUT2D eigenvalue weighted by atomic mass is 32.2. The van der Waals surface area contributed by atoms with Crippen molar-refractivity contribution in [3.05, 3.63) is 54.0 Å². The van der Waals surface area contributed by atoms with Gasteiger partial charge in [-0.1, -0.05) is 23.5 Å². The monoisotopic (exact) mass is 404 g/mol. The number of thiophene rings is 1. The Bertz CT molecular complexity index is 1150. The second-order valence-electron chi connectivity index (χ2n) is 6.72. The van der Waals surface area contributed by atoms with E-state index in [0.29, 0.717) is 21.8 Å². The first-order chi connectivity index (χ1) is 12.6. The number of carbonyl (C=O) groups is 1. The zero-order chi connectivity index (χ0) is 19.4. The number of esters is 1. The second kappa shape index (κ2) is 5.97. The number of hydrogen-bond acceptors (Lipinski definition) is 7. The quantitative estimate of drug-likeness (QED) is 0.611. The molecule has 1 aliphatic heterocycles. The van der Waals surface area contributed by atoms with E-state index in [1.807, 2.05) is 6.07 Å². The molecule has 0 unspecified atom stereocenters. The smallest absolute Gasteiger partial charge is 0.375 e.